The molecule has 0 bridgehead atoms. The molecule has 0 radical (unpaired) electrons. The van der Waals surface area contributed by atoms with Gasteiger partial charge >= 0.3 is 0 Å². The van der Waals surface area contributed by atoms with E-state index in [0.29, 0.717) is 0 Å². The second-order valence-corrected chi connectivity index (χ2v) is 5.34. The van der Waals surface area contributed by atoms with Gasteiger partial charge in [0.05, 0.1) is 0 Å². The molecule has 1 aliphatic carbocycles. The van der Waals surface area contributed by atoms with Gasteiger partial charge in [-0.05, 0) is 23.2 Å². The molecule has 1 aliphatic rings. The molecule has 0 spiro atoms. The number of primary amides is 1. The zero-order chi connectivity index (χ0) is 10.8. The first-order valence-corrected chi connectivity index (χ1v) is 6.30. The molecule has 2 rings (SSSR count). The average Bonchev–Trinajstić information content (AvgIpc) is 2.59. The minimum atomic E-state index is -1.16. The van der Waals surface area contributed by atoms with Crippen LogP contribution >= 0.6 is 0 Å². The largest absolute Gasteiger partial charge is 0.615 e. The van der Waals surface area contributed by atoms with Crippen LogP contribution in [0, 0.1) is 0 Å². The fourth-order valence-electron chi connectivity index (χ4n) is 2.03. The van der Waals surface area contributed by atoms with Crippen LogP contribution in [0.1, 0.15) is 22.8 Å². The van der Waals surface area contributed by atoms with Crippen molar-refractivity contribution < 1.29 is 9.35 Å². The second kappa shape index (κ2) is 4.24. The van der Waals surface area contributed by atoms with Crippen LogP contribution in [-0.4, -0.2) is 16.2 Å². The van der Waals surface area contributed by atoms with Crippen molar-refractivity contribution in [3.05, 3.63) is 35.4 Å². The van der Waals surface area contributed by atoms with Gasteiger partial charge in [0.1, 0.15) is 5.25 Å². The first-order chi connectivity index (χ1) is 7.18. The number of aryl methyl sites for hydroxylation is 1. The summed E-state index contributed by atoms with van der Waals surface area (Å²) in [5.41, 5.74) is 7.42. The first-order valence-electron chi connectivity index (χ1n) is 4.92. The first kappa shape index (κ1) is 10.5. The number of amides is 1. The van der Waals surface area contributed by atoms with E-state index in [1.807, 2.05) is 18.2 Å². The van der Waals surface area contributed by atoms with Gasteiger partial charge in [0.2, 0.25) is 0 Å². The van der Waals surface area contributed by atoms with Crippen molar-refractivity contribution in [1.29, 1.82) is 0 Å². The van der Waals surface area contributed by atoms with Gasteiger partial charge in [0.15, 0.2) is 5.75 Å². The summed E-state index contributed by atoms with van der Waals surface area (Å²) in [6.07, 6.45) is 1.81. The summed E-state index contributed by atoms with van der Waals surface area (Å²) in [6.45, 7) is 0. The van der Waals surface area contributed by atoms with Crippen molar-refractivity contribution in [3.63, 3.8) is 0 Å². The number of rotatable bonds is 3. The van der Waals surface area contributed by atoms with Gasteiger partial charge < -0.3 is 10.3 Å². The Morgan fingerprint density at radius 3 is 3.00 bits per heavy atom. The smallest absolute Gasteiger partial charge is 0.267 e. The molecular weight excluding hydrogens is 210 g/mol. The Hall–Kier alpha value is -1.00. The number of fused-ring (bicyclic) bond motifs is 1. The van der Waals surface area contributed by atoms with Crippen molar-refractivity contribution >= 4 is 17.1 Å². The molecule has 2 unspecified atom stereocenters. The molecule has 0 aliphatic heterocycles. The summed E-state index contributed by atoms with van der Waals surface area (Å²) in [6, 6.07) is 7.97. The topological polar surface area (TPSA) is 66.2 Å². The number of benzene rings is 1. The van der Waals surface area contributed by atoms with E-state index in [1.54, 1.807) is 0 Å². The van der Waals surface area contributed by atoms with Crippen molar-refractivity contribution in [2.75, 3.05) is 5.75 Å². The average molecular weight is 223 g/mol. The van der Waals surface area contributed by atoms with Crippen LogP contribution in [0.4, 0.5) is 0 Å². The number of hydrogen-bond donors (Lipinski definition) is 1. The van der Waals surface area contributed by atoms with E-state index in [-0.39, 0.29) is 11.0 Å². The van der Waals surface area contributed by atoms with E-state index in [4.69, 9.17) is 5.73 Å². The maximum absolute atomic E-state index is 11.8. The van der Waals surface area contributed by atoms with Gasteiger partial charge in [-0.3, -0.25) is 4.79 Å². The highest BCUT2D eigenvalue weighted by Crippen LogP contribution is 2.36. The van der Waals surface area contributed by atoms with Crippen LogP contribution in [0.2, 0.25) is 0 Å². The molecule has 1 aromatic rings. The fraction of sp³-hybridized carbons (Fsp3) is 0.364. The number of carbonyl (C=O) groups is 1. The third-order valence-corrected chi connectivity index (χ3v) is 4.37. The van der Waals surface area contributed by atoms with Crippen LogP contribution in [0.25, 0.3) is 0 Å². The summed E-state index contributed by atoms with van der Waals surface area (Å²) in [5, 5.41) is -0.00583. The number of carbonyl (C=O) groups excluding carboxylic acids is 1. The standard InChI is InChI=1S/C11H13NO2S/c12-11(13)7-15(14)10-6-5-8-3-1-2-4-9(8)10/h1-4,10H,5-7H2,(H2,12,13). The van der Waals surface area contributed by atoms with Gasteiger partial charge in [-0.15, -0.1) is 0 Å². The van der Waals surface area contributed by atoms with Gasteiger partial charge in [-0.25, -0.2) is 0 Å². The Morgan fingerprint density at radius 2 is 2.27 bits per heavy atom. The SMILES string of the molecule is NC(=O)C[S+]([O-])C1CCc2ccccc21. The molecule has 2 N–H and O–H groups in total. The summed E-state index contributed by atoms with van der Waals surface area (Å²) >= 11 is -1.16. The molecule has 1 amide bonds. The molecule has 2 atom stereocenters. The van der Waals surface area contributed by atoms with Crippen molar-refractivity contribution in [2.45, 2.75) is 18.1 Å². The summed E-state index contributed by atoms with van der Waals surface area (Å²) in [7, 11) is 0. The number of nitrogens with two attached hydrogens (primary N) is 1. The van der Waals surface area contributed by atoms with Gasteiger partial charge in [-0.1, -0.05) is 24.3 Å². The van der Waals surface area contributed by atoms with E-state index in [9.17, 15) is 9.35 Å². The number of hydrogen-bond acceptors (Lipinski definition) is 2. The van der Waals surface area contributed by atoms with Crippen LogP contribution in [0.15, 0.2) is 24.3 Å². The molecular formula is C11H13NO2S. The highest BCUT2D eigenvalue weighted by Gasteiger charge is 2.32. The lowest BCUT2D eigenvalue weighted by molar-refractivity contribution is -0.115. The molecule has 4 heteroatoms. The Morgan fingerprint density at radius 1 is 1.53 bits per heavy atom. The fourth-order valence-corrected chi connectivity index (χ4v) is 3.41. The lowest BCUT2D eigenvalue weighted by Gasteiger charge is -2.16. The molecule has 0 saturated carbocycles. The molecule has 0 heterocycles. The van der Waals surface area contributed by atoms with Crippen LogP contribution < -0.4 is 5.73 Å². The summed E-state index contributed by atoms with van der Waals surface area (Å²) in [5.74, 6) is -0.517. The highest BCUT2D eigenvalue weighted by molar-refractivity contribution is 7.92. The second-order valence-electron chi connectivity index (χ2n) is 3.72. The Kier molecular flexibility index (Phi) is 2.98. The van der Waals surface area contributed by atoms with Crippen molar-refractivity contribution in [1.82, 2.24) is 0 Å². The predicted molar refractivity (Wildman–Crippen MR) is 59.7 cm³/mol. The van der Waals surface area contributed by atoms with Crippen LogP contribution in [-0.2, 0) is 22.4 Å². The van der Waals surface area contributed by atoms with Gasteiger partial charge in [0.25, 0.3) is 5.91 Å². The molecule has 0 fully saturated rings. The lowest BCUT2D eigenvalue weighted by atomic mass is 10.1. The van der Waals surface area contributed by atoms with E-state index in [2.05, 4.69) is 6.07 Å². The Bertz CT molecular complexity index is 381. The third-order valence-electron chi connectivity index (χ3n) is 2.68. The minimum absolute atomic E-state index is 0.00583. The van der Waals surface area contributed by atoms with Crippen LogP contribution in [0.3, 0.4) is 0 Å². The molecule has 15 heavy (non-hydrogen) atoms. The third kappa shape index (κ3) is 2.16. The molecule has 3 nitrogen and oxygen atoms in total. The highest BCUT2D eigenvalue weighted by atomic mass is 32.2. The van der Waals surface area contributed by atoms with Crippen molar-refractivity contribution in [3.8, 4) is 0 Å². The Balaban J connectivity index is 2.16. The molecule has 0 aromatic heterocycles. The molecule has 80 valence electrons. The normalized spacial score (nSPS) is 21.0. The Labute approximate surface area is 91.8 Å². The summed E-state index contributed by atoms with van der Waals surface area (Å²) < 4.78 is 11.8. The monoisotopic (exact) mass is 223 g/mol. The predicted octanol–water partition coefficient (Wildman–Crippen LogP) is 0.908. The maximum atomic E-state index is 11.8. The van der Waals surface area contributed by atoms with E-state index in [1.165, 1.54) is 5.56 Å². The van der Waals surface area contributed by atoms with Crippen molar-refractivity contribution in [2.24, 2.45) is 5.73 Å². The molecule has 1 aromatic carbocycles. The minimum Gasteiger partial charge on any atom is -0.615 e. The van der Waals surface area contributed by atoms with E-state index >= 15 is 0 Å². The van der Waals surface area contributed by atoms with Gasteiger partial charge in [0, 0.05) is 12.0 Å². The molecule has 0 saturated heterocycles. The zero-order valence-electron chi connectivity index (χ0n) is 8.31. The lowest BCUT2D eigenvalue weighted by Crippen LogP contribution is -2.26. The summed E-state index contributed by atoms with van der Waals surface area (Å²) in [4.78, 5) is 10.7. The van der Waals surface area contributed by atoms with Gasteiger partial charge in [-0.2, -0.15) is 0 Å². The van der Waals surface area contributed by atoms with E-state index in [0.717, 1.165) is 18.4 Å². The van der Waals surface area contributed by atoms with Crippen LogP contribution in [0.5, 0.6) is 0 Å². The maximum Gasteiger partial charge on any atom is 0.267 e. The van der Waals surface area contributed by atoms with E-state index < -0.39 is 17.1 Å². The zero-order valence-corrected chi connectivity index (χ0v) is 9.13. The quantitative estimate of drug-likeness (QED) is 0.774.